The van der Waals surface area contributed by atoms with Crippen LogP contribution >= 0.6 is 0 Å². The topological polar surface area (TPSA) is 62.6 Å². The lowest BCUT2D eigenvalue weighted by atomic mass is 10.1. The molecule has 2 aromatic heterocycles. The summed E-state index contributed by atoms with van der Waals surface area (Å²) in [5.74, 6) is 0.758. The van der Waals surface area contributed by atoms with Gasteiger partial charge in [-0.1, -0.05) is 42.5 Å². The first kappa shape index (κ1) is 19.4. The van der Waals surface area contributed by atoms with Gasteiger partial charge in [0.25, 0.3) is 5.56 Å². The molecule has 0 bridgehead atoms. The Bertz CT molecular complexity index is 1270. The molecular formula is C25H26N4O2. The number of aryl methyl sites for hydroxylation is 1. The minimum atomic E-state index is -0.0897. The summed E-state index contributed by atoms with van der Waals surface area (Å²) >= 11 is 0. The van der Waals surface area contributed by atoms with Gasteiger partial charge >= 0.3 is 0 Å². The van der Waals surface area contributed by atoms with Crippen molar-refractivity contribution in [2.75, 3.05) is 25.1 Å². The third-order valence-corrected chi connectivity index (χ3v) is 6.05. The largest absolute Gasteiger partial charge is 0.497 e. The van der Waals surface area contributed by atoms with Crippen LogP contribution < -0.4 is 15.2 Å². The van der Waals surface area contributed by atoms with E-state index in [0.717, 1.165) is 59.9 Å². The van der Waals surface area contributed by atoms with Crippen LogP contribution in [-0.4, -0.2) is 34.8 Å². The fraction of sp³-hybridized carbons (Fsp3) is 0.280. The molecular weight excluding hydrogens is 388 g/mol. The molecule has 0 saturated carbocycles. The second-order valence-corrected chi connectivity index (χ2v) is 8.01. The van der Waals surface area contributed by atoms with Gasteiger partial charge in [0, 0.05) is 18.7 Å². The van der Waals surface area contributed by atoms with Crippen molar-refractivity contribution in [3.8, 4) is 28.1 Å². The van der Waals surface area contributed by atoms with Crippen molar-refractivity contribution < 1.29 is 4.74 Å². The van der Waals surface area contributed by atoms with Crippen LogP contribution in [0.1, 0.15) is 25.0 Å². The van der Waals surface area contributed by atoms with Gasteiger partial charge in [0.15, 0.2) is 5.65 Å². The molecule has 2 aromatic carbocycles. The first-order chi connectivity index (χ1) is 15.2. The molecule has 1 aliphatic rings. The molecule has 3 heterocycles. The number of rotatable bonds is 4. The standard InChI is InChI=1S/C25H26N4O2/c1-17-21(18-11-13-20(31-2)14-12-18)25(30)29-24(26-17)23(28-15-7-4-8-16-28)22(27-29)19-9-5-3-6-10-19/h3,5-6,9-14,27H,4,7-8,15-16H2,1-2H3. The summed E-state index contributed by atoms with van der Waals surface area (Å²) in [5, 5.41) is 3.38. The summed E-state index contributed by atoms with van der Waals surface area (Å²) in [7, 11) is 1.63. The average molecular weight is 415 g/mol. The van der Waals surface area contributed by atoms with E-state index < -0.39 is 0 Å². The number of ether oxygens (including phenoxy) is 1. The highest BCUT2D eigenvalue weighted by molar-refractivity contribution is 5.87. The minimum Gasteiger partial charge on any atom is -0.497 e. The summed E-state index contributed by atoms with van der Waals surface area (Å²) in [5.41, 5.74) is 5.79. The fourth-order valence-corrected chi connectivity index (χ4v) is 4.48. The van der Waals surface area contributed by atoms with Crippen molar-refractivity contribution in [3.63, 3.8) is 0 Å². The SMILES string of the molecule is COc1ccc(-c2c(C)nc3c(N4CCCCC4)c(-c4ccccc4)[nH]n3c2=O)cc1. The number of fused-ring (bicyclic) bond motifs is 1. The van der Waals surface area contributed by atoms with E-state index in [1.54, 1.807) is 11.6 Å². The number of aromatic nitrogens is 3. The summed E-state index contributed by atoms with van der Waals surface area (Å²) in [6.07, 6.45) is 3.55. The van der Waals surface area contributed by atoms with Crippen molar-refractivity contribution in [2.45, 2.75) is 26.2 Å². The van der Waals surface area contributed by atoms with Crippen LogP contribution in [0.3, 0.4) is 0 Å². The highest BCUT2D eigenvalue weighted by Gasteiger charge is 2.24. The Morgan fingerprint density at radius 3 is 2.32 bits per heavy atom. The Morgan fingerprint density at radius 1 is 0.935 bits per heavy atom. The molecule has 0 spiro atoms. The number of hydrogen-bond donors (Lipinski definition) is 1. The van der Waals surface area contributed by atoms with Gasteiger partial charge in [-0.25, -0.2) is 4.98 Å². The van der Waals surface area contributed by atoms with Gasteiger partial charge < -0.3 is 9.64 Å². The predicted octanol–water partition coefficient (Wildman–Crippen LogP) is 4.66. The van der Waals surface area contributed by atoms with Crippen LogP contribution in [0, 0.1) is 6.92 Å². The first-order valence-electron chi connectivity index (χ1n) is 10.8. The summed E-state index contributed by atoms with van der Waals surface area (Å²) < 4.78 is 6.87. The Labute approximate surface area is 181 Å². The number of H-pyrrole nitrogens is 1. The minimum absolute atomic E-state index is 0.0897. The maximum atomic E-state index is 13.6. The molecule has 6 heteroatoms. The zero-order valence-electron chi connectivity index (χ0n) is 17.9. The molecule has 6 nitrogen and oxygen atoms in total. The number of anilines is 1. The highest BCUT2D eigenvalue weighted by atomic mass is 16.5. The van der Waals surface area contributed by atoms with Crippen molar-refractivity contribution >= 4 is 11.3 Å². The number of methoxy groups -OCH3 is 1. The molecule has 0 aliphatic carbocycles. The molecule has 1 fully saturated rings. The summed E-state index contributed by atoms with van der Waals surface area (Å²) in [6.45, 7) is 3.86. The zero-order valence-corrected chi connectivity index (χ0v) is 17.9. The van der Waals surface area contributed by atoms with Crippen molar-refractivity contribution in [1.82, 2.24) is 14.6 Å². The van der Waals surface area contributed by atoms with E-state index in [-0.39, 0.29) is 5.56 Å². The maximum absolute atomic E-state index is 13.6. The quantitative estimate of drug-likeness (QED) is 0.527. The van der Waals surface area contributed by atoms with Gasteiger partial charge in [-0.15, -0.1) is 0 Å². The lowest BCUT2D eigenvalue weighted by Crippen LogP contribution is -2.30. The molecule has 1 saturated heterocycles. The van der Waals surface area contributed by atoms with E-state index in [4.69, 9.17) is 9.72 Å². The monoisotopic (exact) mass is 414 g/mol. The lowest BCUT2D eigenvalue weighted by molar-refractivity contribution is 0.415. The zero-order chi connectivity index (χ0) is 21.4. The average Bonchev–Trinajstić information content (AvgIpc) is 3.20. The number of piperidine rings is 1. The first-order valence-corrected chi connectivity index (χ1v) is 10.8. The van der Waals surface area contributed by atoms with E-state index >= 15 is 0 Å². The molecule has 0 radical (unpaired) electrons. The van der Waals surface area contributed by atoms with Gasteiger partial charge in [-0.3, -0.25) is 9.89 Å². The molecule has 31 heavy (non-hydrogen) atoms. The summed E-state index contributed by atoms with van der Waals surface area (Å²) in [4.78, 5) is 20.9. The fourth-order valence-electron chi connectivity index (χ4n) is 4.48. The number of benzene rings is 2. The Hall–Kier alpha value is -3.54. The highest BCUT2D eigenvalue weighted by Crippen LogP contribution is 2.35. The van der Waals surface area contributed by atoms with Gasteiger partial charge in [-0.05, 0) is 43.9 Å². The molecule has 4 aromatic rings. The van der Waals surface area contributed by atoms with Crippen LogP contribution in [0.2, 0.25) is 0 Å². The number of nitrogens with zero attached hydrogens (tertiary/aromatic N) is 3. The third kappa shape index (κ3) is 3.38. The third-order valence-electron chi connectivity index (χ3n) is 6.05. The van der Waals surface area contributed by atoms with Crippen LogP contribution in [0.4, 0.5) is 5.69 Å². The van der Waals surface area contributed by atoms with Crippen LogP contribution in [0.25, 0.3) is 28.0 Å². The molecule has 158 valence electrons. The maximum Gasteiger partial charge on any atom is 0.280 e. The molecule has 0 unspecified atom stereocenters. The van der Waals surface area contributed by atoms with Crippen molar-refractivity contribution in [1.29, 1.82) is 0 Å². The second-order valence-electron chi connectivity index (χ2n) is 8.01. The molecule has 1 aliphatic heterocycles. The number of nitrogens with one attached hydrogen (secondary N) is 1. The summed E-state index contributed by atoms with van der Waals surface area (Å²) in [6, 6.07) is 17.7. The molecule has 5 rings (SSSR count). The normalized spacial score (nSPS) is 14.2. The van der Waals surface area contributed by atoms with E-state index in [1.807, 2.05) is 49.4 Å². The predicted molar refractivity (Wildman–Crippen MR) is 124 cm³/mol. The van der Waals surface area contributed by atoms with Gasteiger partial charge in [0.2, 0.25) is 0 Å². The van der Waals surface area contributed by atoms with Crippen molar-refractivity contribution in [2.24, 2.45) is 0 Å². The lowest BCUT2D eigenvalue weighted by Gasteiger charge is -2.28. The Balaban J connectivity index is 1.75. The second kappa shape index (κ2) is 7.95. The Kier molecular flexibility index (Phi) is 4.98. The number of aromatic amines is 1. The molecule has 0 amide bonds. The Morgan fingerprint density at radius 2 is 1.65 bits per heavy atom. The molecule has 0 atom stereocenters. The van der Waals surface area contributed by atoms with E-state index in [1.165, 1.54) is 6.42 Å². The molecule has 1 N–H and O–H groups in total. The van der Waals surface area contributed by atoms with Crippen LogP contribution in [0.15, 0.2) is 59.4 Å². The van der Waals surface area contributed by atoms with Crippen LogP contribution in [0.5, 0.6) is 5.75 Å². The van der Waals surface area contributed by atoms with Crippen molar-refractivity contribution in [3.05, 3.63) is 70.6 Å². The van der Waals surface area contributed by atoms with E-state index in [0.29, 0.717) is 11.2 Å². The van der Waals surface area contributed by atoms with Crippen LogP contribution in [-0.2, 0) is 0 Å². The van der Waals surface area contributed by atoms with Gasteiger partial charge in [0.05, 0.1) is 24.1 Å². The van der Waals surface area contributed by atoms with E-state index in [2.05, 4.69) is 22.1 Å². The number of hydrogen-bond acceptors (Lipinski definition) is 4. The van der Waals surface area contributed by atoms with Gasteiger partial charge in [-0.2, -0.15) is 4.52 Å². The van der Waals surface area contributed by atoms with Gasteiger partial charge in [0.1, 0.15) is 11.4 Å². The smallest absolute Gasteiger partial charge is 0.280 e. The van der Waals surface area contributed by atoms with E-state index in [9.17, 15) is 4.79 Å².